The second-order valence-corrected chi connectivity index (χ2v) is 11.8. The minimum Gasteiger partial charge on any atom is -0.478 e. The van der Waals surface area contributed by atoms with Crippen LogP contribution in [0.5, 0.6) is 0 Å². The number of rotatable bonds is 8. The van der Waals surface area contributed by atoms with E-state index < -0.39 is 23.0 Å². The average Bonchev–Trinajstić information content (AvgIpc) is 3.52. The van der Waals surface area contributed by atoms with Crippen molar-refractivity contribution in [2.24, 2.45) is 0 Å². The Balaban J connectivity index is 1.09. The van der Waals surface area contributed by atoms with Crippen molar-refractivity contribution in [3.05, 3.63) is 75.0 Å². The van der Waals surface area contributed by atoms with E-state index in [0.29, 0.717) is 59.5 Å². The number of halogens is 3. The van der Waals surface area contributed by atoms with Crippen molar-refractivity contribution in [2.75, 3.05) is 6.61 Å². The molecule has 0 atom stereocenters. The minimum atomic E-state index is -1.25. The van der Waals surface area contributed by atoms with E-state index in [1.54, 1.807) is 18.2 Å². The summed E-state index contributed by atoms with van der Waals surface area (Å²) in [6.45, 7) is 0.596. The van der Waals surface area contributed by atoms with Crippen LogP contribution in [0.25, 0.3) is 22.6 Å². The highest BCUT2D eigenvalue weighted by molar-refractivity contribution is 6.39. The molecular formula is C29H24Cl2FN3O6. The van der Waals surface area contributed by atoms with Crippen LogP contribution >= 0.6 is 23.2 Å². The molecule has 2 bridgehead atoms. The van der Waals surface area contributed by atoms with Crippen LogP contribution in [0.3, 0.4) is 0 Å². The van der Waals surface area contributed by atoms with Gasteiger partial charge in [0.1, 0.15) is 22.9 Å². The fraction of sp³-hybridized carbons (Fsp3) is 0.379. The molecular weight excluding hydrogens is 576 g/mol. The lowest BCUT2D eigenvalue weighted by Crippen LogP contribution is -2.54. The zero-order valence-corrected chi connectivity index (χ0v) is 23.2. The molecule has 12 heteroatoms. The van der Waals surface area contributed by atoms with Crippen molar-refractivity contribution in [1.29, 1.82) is 0 Å². The third-order valence-electron chi connectivity index (χ3n) is 8.29. The lowest BCUT2D eigenvalue weighted by molar-refractivity contribution is -0.250. The van der Waals surface area contributed by atoms with Gasteiger partial charge in [-0.3, -0.25) is 0 Å². The quantitative estimate of drug-likeness (QED) is 0.224. The lowest BCUT2D eigenvalue weighted by atomic mass is 9.73. The fourth-order valence-corrected chi connectivity index (χ4v) is 6.35. The molecule has 2 saturated heterocycles. The molecule has 4 aromatic rings. The van der Waals surface area contributed by atoms with Crippen molar-refractivity contribution >= 4 is 29.2 Å². The van der Waals surface area contributed by atoms with Crippen LogP contribution in [-0.4, -0.2) is 38.6 Å². The van der Waals surface area contributed by atoms with Gasteiger partial charge in [0, 0.05) is 22.6 Å². The lowest BCUT2D eigenvalue weighted by Gasteiger charge is -2.50. The van der Waals surface area contributed by atoms with Crippen LogP contribution in [-0.2, 0) is 21.7 Å². The number of fused-ring (bicyclic) bond motifs is 3. The van der Waals surface area contributed by atoms with Crippen LogP contribution < -0.4 is 0 Å². The van der Waals surface area contributed by atoms with Gasteiger partial charge in [-0.2, -0.15) is 4.98 Å². The Hall–Kier alpha value is -3.31. The molecule has 4 aliphatic rings. The summed E-state index contributed by atoms with van der Waals surface area (Å²) in [6.07, 6.45) is 4.63. The Morgan fingerprint density at radius 3 is 2.49 bits per heavy atom. The molecule has 0 radical (unpaired) electrons. The van der Waals surface area contributed by atoms with E-state index in [9.17, 15) is 14.3 Å². The molecule has 4 fully saturated rings. The second-order valence-electron chi connectivity index (χ2n) is 11.0. The molecule has 0 spiro atoms. The average molecular weight is 600 g/mol. The molecule has 4 heterocycles. The van der Waals surface area contributed by atoms with Crippen LogP contribution in [0, 0.1) is 5.82 Å². The molecule has 2 aromatic carbocycles. The molecule has 2 saturated carbocycles. The van der Waals surface area contributed by atoms with Crippen LogP contribution in [0.2, 0.25) is 10.0 Å². The smallest absolute Gasteiger partial charge is 0.335 e. The normalized spacial score (nSPS) is 23.7. The van der Waals surface area contributed by atoms with Crippen LogP contribution in [0.4, 0.5) is 4.39 Å². The van der Waals surface area contributed by atoms with E-state index in [0.717, 1.165) is 30.2 Å². The van der Waals surface area contributed by atoms with Crippen LogP contribution in [0.1, 0.15) is 72.0 Å². The van der Waals surface area contributed by atoms with Gasteiger partial charge in [0.15, 0.2) is 0 Å². The first-order valence-corrected chi connectivity index (χ1v) is 14.1. The van der Waals surface area contributed by atoms with E-state index in [4.69, 9.17) is 41.7 Å². The highest BCUT2D eigenvalue weighted by Crippen LogP contribution is 2.52. The first kappa shape index (κ1) is 26.6. The molecule has 0 amide bonds. The molecule has 1 N–H and O–H groups in total. The third-order valence-corrected chi connectivity index (χ3v) is 8.92. The van der Waals surface area contributed by atoms with Crippen molar-refractivity contribution in [2.45, 2.75) is 62.3 Å². The number of benzene rings is 2. The number of nitrogens with zero attached hydrogens (tertiary/aromatic N) is 3. The summed E-state index contributed by atoms with van der Waals surface area (Å²) in [6, 6.07) is 8.76. The maximum atomic E-state index is 14.0. The van der Waals surface area contributed by atoms with Crippen molar-refractivity contribution in [3.63, 3.8) is 0 Å². The van der Waals surface area contributed by atoms with E-state index in [-0.39, 0.29) is 29.4 Å². The summed E-state index contributed by atoms with van der Waals surface area (Å²) in [5, 5.41) is 18.6. The van der Waals surface area contributed by atoms with E-state index in [2.05, 4.69) is 15.3 Å². The van der Waals surface area contributed by atoms with E-state index in [1.807, 2.05) is 0 Å². The summed E-state index contributed by atoms with van der Waals surface area (Å²) in [4.78, 5) is 15.8. The van der Waals surface area contributed by atoms with Crippen molar-refractivity contribution < 1.29 is 32.8 Å². The molecule has 2 aliphatic heterocycles. The topological polar surface area (TPSA) is 121 Å². The number of carbonyl (C=O) groups is 1. The van der Waals surface area contributed by atoms with Gasteiger partial charge in [-0.05, 0) is 68.9 Å². The van der Waals surface area contributed by atoms with Gasteiger partial charge in [0.05, 0.1) is 34.4 Å². The highest BCUT2D eigenvalue weighted by Gasteiger charge is 2.54. The summed E-state index contributed by atoms with van der Waals surface area (Å²) in [7, 11) is 0. The standard InChI is InChI=1S/C29H24Cl2FN3O6/c30-20-2-1-3-21(31)22(20)23-19(24(40-34-23)15-4-5-15)13-38-28-6-8-29(9-7-28,39-14-28)27-33-25(35-41-27)16-10-17(26(36)37)12-18(32)11-16/h1-3,10-12,15H,4-9,13-14H2,(H,36,37). The number of hydrogen-bond donors (Lipinski definition) is 1. The summed E-state index contributed by atoms with van der Waals surface area (Å²) in [5.41, 5.74) is 0.809. The predicted molar refractivity (Wildman–Crippen MR) is 144 cm³/mol. The van der Waals surface area contributed by atoms with Gasteiger partial charge < -0.3 is 23.6 Å². The first-order valence-electron chi connectivity index (χ1n) is 13.4. The van der Waals surface area contributed by atoms with Gasteiger partial charge in [-0.1, -0.05) is 39.6 Å². The zero-order chi connectivity index (χ0) is 28.4. The Labute approximate surface area is 243 Å². The SMILES string of the molecule is O=C(O)c1cc(F)cc(-c2noc(C34CCC(OCc5c(-c6c(Cl)cccc6Cl)noc5C5CC5)(CC3)CO4)n2)c1. The monoisotopic (exact) mass is 599 g/mol. The number of hydrogen-bond acceptors (Lipinski definition) is 8. The Kier molecular flexibility index (Phi) is 6.42. The number of carboxylic acids is 1. The van der Waals surface area contributed by atoms with Gasteiger partial charge in [0.25, 0.3) is 5.89 Å². The van der Waals surface area contributed by atoms with Crippen molar-refractivity contribution in [1.82, 2.24) is 15.3 Å². The third kappa shape index (κ3) is 4.72. The van der Waals surface area contributed by atoms with Gasteiger partial charge in [-0.15, -0.1) is 0 Å². The first-order chi connectivity index (χ1) is 19.8. The maximum Gasteiger partial charge on any atom is 0.335 e. The number of aromatic carboxylic acids is 1. The summed E-state index contributed by atoms with van der Waals surface area (Å²) < 4.78 is 38.3. The summed E-state index contributed by atoms with van der Waals surface area (Å²) >= 11 is 13.0. The highest BCUT2D eigenvalue weighted by atomic mass is 35.5. The number of ether oxygens (including phenoxy) is 2. The zero-order valence-electron chi connectivity index (χ0n) is 21.7. The van der Waals surface area contributed by atoms with E-state index in [1.165, 1.54) is 12.1 Å². The van der Waals surface area contributed by atoms with Crippen molar-refractivity contribution in [3.8, 4) is 22.6 Å². The van der Waals surface area contributed by atoms with E-state index >= 15 is 0 Å². The number of carboxylic acid groups (broad SMARTS) is 1. The van der Waals surface area contributed by atoms with Gasteiger partial charge >= 0.3 is 5.97 Å². The Bertz CT molecular complexity index is 1620. The number of aromatic nitrogens is 3. The predicted octanol–water partition coefficient (Wildman–Crippen LogP) is 7.17. The Morgan fingerprint density at radius 2 is 1.83 bits per heavy atom. The maximum absolute atomic E-state index is 14.0. The second kappa shape index (κ2) is 9.90. The van der Waals surface area contributed by atoms with Crippen LogP contribution in [0.15, 0.2) is 45.4 Å². The van der Waals surface area contributed by atoms with Gasteiger partial charge in [-0.25, -0.2) is 9.18 Å². The fourth-order valence-electron chi connectivity index (χ4n) is 5.77. The molecule has 2 aliphatic carbocycles. The van der Waals surface area contributed by atoms with Gasteiger partial charge in [0.2, 0.25) is 5.82 Å². The molecule has 2 aromatic heterocycles. The molecule has 212 valence electrons. The molecule has 41 heavy (non-hydrogen) atoms. The molecule has 0 unspecified atom stereocenters. The summed E-state index contributed by atoms with van der Waals surface area (Å²) in [5.74, 6) is -0.430. The minimum absolute atomic E-state index is 0.101. The Morgan fingerprint density at radius 1 is 1.07 bits per heavy atom. The largest absolute Gasteiger partial charge is 0.478 e. The molecule has 8 rings (SSSR count). The molecule has 9 nitrogen and oxygen atoms in total.